The summed E-state index contributed by atoms with van der Waals surface area (Å²) in [6, 6.07) is 13.5. The van der Waals surface area contributed by atoms with Crippen LogP contribution in [0.1, 0.15) is 11.1 Å². The van der Waals surface area contributed by atoms with E-state index < -0.39 is 0 Å². The van der Waals surface area contributed by atoms with E-state index in [2.05, 4.69) is 26.2 Å². The lowest BCUT2D eigenvalue weighted by molar-refractivity contribution is 0.414. The van der Waals surface area contributed by atoms with Gasteiger partial charge in [0.1, 0.15) is 5.75 Å². The van der Waals surface area contributed by atoms with E-state index in [9.17, 15) is 4.79 Å². The Hall–Kier alpha value is -2.60. The van der Waals surface area contributed by atoms with Gasteiger partial charge < -0.3 is 10.1 Å². The van der Waals surface area contributed by atoms with Crippen LogP contribution in [0.3, 0.4) is 0 Å². The Morgan fingerprint density at radius 3 is 2.64 bits per heavy atom. The number of rotatable bonds is 5. The Kier molecular flexibility index (Phi) is 5.19. The molecule has 2 aromatic carbocycles. The topological polar surface area (TPSA) is 56.1 Å². The van der Waals surface area contributed by atoms with E-state index in [0.717, 1.165) is 27.0 Å². The van der Waals surface area contributed by atoms with Crippen LogP contribution < -0.4 is 15.6 Å². The molecule has 5 nitrogen and oxygen atoms in total. The van der Waals surface area contributed by atoms with E-state index in [0.29, 0.717) is 12.4 Å². The number of aryl methyl sites for hydroxylation is 1. The molecule has 0 spiro atoms. The first kappa shape index (κ1) is 17.2. The molecule has 0 aliphatic rings. The maximum atomic E-state index is 12.7. The molecule has 0 aliphatic heterocycles. The van der Waals surface area contributed by atoms with Crippen LogP contribution in [0.4, 0.5) is 5.82 Å². The van der Waals surface area contributed by atoms with Gasteiger partial charge in [0.2, 0.25) is 0 Å². The van der Waals surface area contributed by atoms with Gasteiger partial charge in [0.25, 0.3) is 5.56 Å². The minimum absolute atomic E-state index is 0.183. The molecule has 0 atom stereocenters. The number of hydrogen-bond acceptors (Lipinski definition) is 4. The van der Waals surface area contributed by atoms with Gasteiger partial charge in [0.15, 0.2) is 5.82 Å². The summed E-state index contributed by atoms with van der Waals surface area (Å²) in [6.45, 7) is 2.50. The fourth-order valence-corrected chi connectivity index (χ4v) is 2.69. The van der Waals surface area contributed by atoms with Crippen LogP contribution in [0.2, 0.25) is 0 Å². The molecule has 0 radical (unpaired) electrons. The number of ether oxygens (including phenoxy) is 1. The van der Waals surface area contributed by atoms with Crippen molar-refractivity contribution in [1.29, 1.82) is 0 Å². The molecule has 0 bridgehead atoms. The average molecular weight is 400 g/mol. The van der Waals surface area contributed by atoms with Crippen molar-refractivity contribution in [2.75, 3.05) is 12.4 Å². The molecule has 0 aliphatic carbocycles. The summed E-state index contributed by atoms with van der Waals surface area (Å²) in [6.07, 6.45) is 3.29. The van der Waals surface area contributed by atoms with Crippen molar-refractivity contribution in [3.05, 3.63) is 80.8 Å². The standard InChI is InChI=1S/C19H18BrN3O2/c1-13-11-15(5-8-17(13)20)23-10-9-21-18(19(23)24)22-12-14-3-6-16(25-2)7-4-14/h3-11H,12H2,1-2H3,(H,21,22). The second kappa shape index (κ2) is 7.53. The fraction of sp³-hybridized carbons (Fsp3) is 0.158. The number of aromatic nitrogens is 2. The van der Waals surface area contributed by atoms with E-state index in [1.807, 2.05) is 49.4 Å². The first-order valence-electron chi connectivity index (χ1n) is 7.79. The molecule has 25 heavy (non-hydrogen) atoms. The van der Waals surface area contributed by atoms with Crippen molar-refractivity contribution in [2.24, 2.45) is 0 Å². The van der Waals surface area contributed by atoms with Crippen molar-refractivity contribution in [1.82, 2.24) is 9.55 Å². The zero-order chi connectivity index (χ0) is 17.8. The summed E-state index contributed by atoms with van der Waals surface area (Å²) >= 11 is 3.47. The number of nitrogens with zero attached hydrogens (tertiary/aromatic N) is 2. The molecule has 3 rings (SSSR count). The number of methoxy groups -OCH3 is 1. The maximum absolute atomic E-state index is 12.7. The highest BCUT2D eigenvalue weighted by molar-refractivity contribution is 9.10. The lowest BCUT2D eigenvalue weighted by Gasteiger charge is -2.10. The molecule has 0 fully saturated rings. The monoisotopic (exact) mass is 399 g/mol. The van der Waals surface area contributed by atoms with Crippen molar-refractivity contribution in [3.8, 4) is 11.4 Å². The Labute approximate surface area is 154 Å². The number of anilines is 1. The molecular weight excluding hydrogens is 382 g/mol. The predicted octanol–water partition coefficient (Wildman–Crippen LogP) is 3.92. The van der Waals surface area contributed by atoms with Gasteiger partial charge >= 0.3 is 0 Å². The largest absolute Gasteiger partial charge is 0.497 e. The summed E-state index contributed by atoms with van der Waals surface area (Å²) < 4.78 is 7.74. The Morgan fingerprint density at radius 1 is 1.20 bits per heavy atom. The van der Waals surface area contributed by atoms with Crippen LogP contribution in [-0.2, 0) is 6.54 Å². The number of benzene rings is 2. The lowest BCUT2D eigenvalue weighted by atomic mass is 10.2. The van der Waals surface area contributed by atoms with Crippen LogP contribution >= 0.6 is 15.9 Å². The number of hydrogen-bond donors (Lipinski definition) is 1. The maximum Gasteiger partial charge on any atom is 0.297 e. The molecule has 1 N–H and O–H groups in total. The van der Waals surface area contributed by atoms with Crippen LogP contribution in [0, 0.1) is 6.92 Å². The SMILES string of the molecule is COc1ccc(CNc2nccn(-c3ccc(Br)c(C)c3)c2=O)cc1. The summed E-state index contributed by atoms with van der Waals surface area (Å²) in [5.74, 6) is 1.12. The van der Waals surface area contributed by atoms with Crippen LogP contribution in [-0.4, -0.2) is 16.7 Å². The van der Waals surface area contributed by atoms with E-state index in [4.69, 9.17) is 4.74 Å². The lowest BCUT2D eigenvalue weighted by Crippen LogP contribution is -2.23. The second-order valence-corrected chi connectivity index (χ2v) is 6.44. The van der Waals surface area contributed by atoms with Gasteiger partial charge in [-0.05, 0) is 48.4 Å². The minimum Gasteiger partial charge on any atom is -0.497 e. The summed E-state index contributed by atoms with van der Waals surface area (Å²) in [5, 5.41) is 3.11. The molecule has 0 saturated carbocycles. The van der Waals surface area contributed by atoms with Crippen molar-refractivity contribution in [2.45, 2.75) is 13.5 Å². The molecular formula is C19H18BrN3O2. The Bertz CT molecular complexity index is 936. The smallest absolute Gasteiger partial charge is 0.297 e. The molecule has 0 unspecified atom stereocenters. The zero-order valence-corrected chi connectivity index (χ0v) is 15.6. The van der Waals surface area contributed by atoms with Crippen LogP contribution in [0.25, 0.3) is 5.69 Å². The summed E-state index contributed by atoms with van der Waals surface area (Å²) in [7, 11) is 1.63. The van der Waals surface area contributed by atoms with Crippen molar-refractivity contribution < 1.29 is 4.74 Å². The van der Waals surface area contributed by atoms with Crippen molar-refractivity contribution >= 4 is 21.7 Å². The van der Waals surface area contributed by atoms with Gasteiger partial charge in [-0.25, -0.2) is 4.98 Å². The van der Waals surface area contributed by atoms with Gasteiger partial charge in [-0.15, -0.1) is 0 Å². The highest BCUT2D eigenvalue weighted by atomic mass is 79.9. The summed E-state index contributed by atoms with van der Waals surface area (Å²) in [4.78, 5) is 16.9. The van der Waals surface area contributed by atoms with Gasteiger partial charge in [-0.3, -0.25) is 9.36 Å². The van der Waals surface area contributed by atoms with Gasteiger partial charge in [0.05, 0.1) is 7.11 Å². The number of halogens is 1. The molecule has 3 aromatic rings. The molecule has 1 heterocycles. The highest BCUT2D eigenvalue weighted by Gasteiger charge is 2.07. The molecule has 6 heteroatoms. The van der Waals surface area contributed by atoms with Crippen molar-refractivity contribution in [3.63, 3.8) is 0 Å². The Balaban J connectivity index is 1.83. The first-order chi connectivity index (χ1) is 12.1. The van der Waals surface area contributed by atoms with Gasteiger partial charge in [-0.1, -0.05) is 28.1 Å². The normalized spacial score (nSPS) is 10.5. The van der Waals surface area contributed by atoms with E-state index >= 15 is 0 Å². The third-order valence-corrected chi connectivity index (χ3v) is 4.77. The fourth-order valence-electron chi connectivity index (χ4n) is 2.44. The average Bonchev–Trinajstić information content (AvgIpc) is 2.64. The summed E-state index contributed by atoms with van der Waals surface area (Å²) in [5.41, 5.74) is 2.73. The van der Waals surface area contributed by atoms with E-state index in [1.54, 1.807) is 24.1 Å². The number of nitrogens with one attached hydrogen (secondary N) is 1. The quantitative estimate of drug-likeness (QED) is 0.706. The van der Waals surface area contributed by atoms with Gasteiger partial charge in [-0.2, -0.15) is 0 Å². The van der Waals surface area contributed by atoms with Gasteiger partial charge in [0, 0.05) is 29.1 Å². The minimum atomic E-state index is -0.183. The Morgan fingerprint density at radius 2 is 1.96 bits per heavy atom. The predicted molar refractivity (Wildman–Crippen MR) is 103 cm³/mol. The molecule has 0 saturated heterocycles. The third-order valence-electron chi connectivity index (χ3n) is 3.88. The second-order valence-electron chi connectivity index (χ2n) is 5.59. The molecule has 1 aromatic heterocycles. The first-order valence-corrected chi connectivity index (χ1v) is 8.59. The van der Waals surface area contributed by atoms with Crippen LogP contribution in [0.15, 0.2) is 64.1 Å². The van der Waals surface area contributed by atoms with E-state index in [-0.39, 0.29) is 5.56 Å². The third kappa shape index (κ3) is 3.91. The van der Waals surface area contributed by atoms with Crippen LogP contribution in [0.5, 0.6) is 5.75 Å². The highest BCUT2D eigenvalue weighted by Crippen LogP contribution is 2.19. The molecule has 0 amide bonds. The zero-order valence-electron chi connectivity index (χ0n) is 14.0. The molecule has 128 valence electrons. The van der Waals surface area contributed by atoms with E-state index in [1.165, 1.54) is 0 Å².